The van der Waals surface area contributed by atoms with Crippen LogP contribution in [0.2, 0.25) is 0 Å². The molecular weight excluding hydrogens is 485 g/mol. The summed E-state index contributed by atoms with van der Waals surface area (Å²) in [4.78, 5) is 36.4. The molecule has 0 radical (unpaired) electrons. The molecular formula is C20H15F3N2O8S. The van der Waals surface area contributed by atoms with E-state index in [0.29, 0.717) is 0 Å². The Labute approximate surface area is 189 Å². The summed E-state index contributed by atoms with van der Waals surface area (Å²) in [6, 6.07) is 8.03. The summed E-state index contributed by atoms with van der Waals surface area (Å²) < 4.78 is 75.8. The second-order valence-corrected chi connectivity index (χ2v) is 8.69. The molecule has 0 unspecified atom stereocenters. The number of rotatable bonds is 6. The maximum Gasteiger partial charge on any atom is 0.573 e. The van der Waals surface area contributed by atoms with Gasteiger partial charge in [-0.3, -0.25) is 4.79 Å². The van der Waals surface area contributed by atoms with Gasteiger partial charge in [-0.2, -0.15) is 5.10 Å². The maximum absolute atomic E-state index is 13.0. The summed E-state index contributed by atoms with van der Waals surface area (Å²) in [6.07, 6.45) is -4.07. The van der Waals surface area contributed by atoms with Crippen LogP contribution in [0, 0.1) is 0 Å². The molecule has 3 aromatic rings. The molecule has 2 aromatic carbocycles. The smallest absolute Gasteiger partial charge is 0.466 e. The van der Waals surface area contributed by atoms with Gasteiger partial charge in [0.15, 0.2) is 16.4 Å². The van der Waals surface area contributed by atoms with Crippen LogP contribution in [0.25, 0.3) is 16.6 Å². The predicted octanol–water partition coefficient (Wildman–Crippen LogP) is 2.02. The Bertz CT molecular complexity index is 1430. The lowest BCUT2D eigenvalue weighted by molar-refractivity contribution is -0.274. The van der Waals surface area contributed by atoms with Crippen LogP contribution in [0.3, 0.4) is 0 Å². The number of nitrogens with zero attached hydrogens (tertiary/aromatic N) is 2. The Morgan fingerprint density at radius 3 is 2.29 bits per heavy atom. The van der Waals surface area contributed by atoms with Crippen molar-refractivity contribution in [1.29, 1.82) is 0 Å². The number of benzene rings is 2. The van der Waals surface area contributed by atoms with E-state index in [-0.39, 0.29) is 11.2 Å². The van der Waals surface area contributed by atoms with E-state index >= 15 is 0 Å². The molecule has 0 bridgehead atoms. The van der Waals surface area contributed by atoms with Crippen molar-refractivity contribution in [3.8, 4) is 11.4 Å². The minimum absolute atomic E-state index is 0.0538. The number of aromatic nitrogens is 2. The van der Waals surface area contributed by atoms with Gasteiger partial charge in [0.1, 0.15) is 5.75 Å². The van der Waals surface area contributed by atoms with Crippen molar-refractivity contribution in [2.45, 2.75) is 11.3 Å². The van der Waals surface area contributed by atoms with Crippen LogP contribution >= 0.6 is 0 Å². The molecule has 0 saturated heterocycles. The van der Waals surface area contributed by atoms with E-state index in [4.69, 9.17) is 4.74 Å². The number of methoxy groups -OCH3 is 1. The zero-order chi connectivity index (χ0) is 25.3. The highest BCUT2D eigenvalue weighted by molar-refractivity contribution is 7.91. The first-order chi connectivity index (χ1) is 15.8. The van der Waals surface area contributed by atoms with E-state index in [9.17, 15) is 36.0 Å². The second-order valence-electron chi connectivity index (χ2n) is 6.71. The lowest BCUT2D eigenvalue weighted by Crippen LogP contribution is -2.26. The molecule has 0 amide bonds. The summed E-state index contributed by atoms with van der Waals surface area (Å²) >= 11 is 0. The van der Waals surface area contributed by atoms with Gasteiger partial charge in [-0.05, 0) is 36.4 Å². The van der Waals surface area contributed by atoms with Gasteiger partial charge in [0.05, 0.1) is 28.6 Å². The van der Waals surface area contributed by atoms with E-state index in [1.165, 1.54) is 12.1 Å². The van der Waals surface area contributed by atoms with Gasteiger partial charge in [0.25, 0.3) is 0 Å². The molecule has 180 valence electrons. The molecule has 1 heterocycles. The van der Waals surface area contributed by atoms with Crippen molar-refractivity contribution in [2.75, 3.05) is 20.0 Å². The number of carbonyl (C=O) groups is 2. The minimum Gasteiger partial charge on any atom is -0.466 e. The molecule has 0 saturated carbocycles. The number of fused-ring (bicyclic) bond motifs is 1. The Balaban J connectivity index is 2.25. The molecule has 0 aliphatic heterocycles. The lowest BCUT2D eigenvalue weighted by Gasteiger charge is -2.14. The molecule has 0 aliphatic carbocycles. The third-order valence-electron chi connectivity index (χ3n) is 4.33. The predicted molar refractivity (Wildman–Crippen MR) is 109 cm³/mol. The van der Waals surface area contributed by atoms with Gasteiger partial charge < -0.3 is 14.2 Å². The van der Waals surface area contributed by atoms with E-state index < -0.39 is 61.9 Å². The van der Waals surface area contributed by atoms with Crippen LogP contribution in [0.15, 0.2) is 52.2 Å². The highest BCUT2D eigenvalue weighted by atomic mass is 32.2. The maximum atomic E-state index is 13.0. The number of hydrogen-bond donors (Lipinski definition) is 0. The third-order valence-corrected chi connectivity index (χ3v) is 5.47. The van der Waals surface area contributed by atoms with Gasteiger partial charge >= 0.3 is 18.3 Å². The zero-order valence-corrected chi connectivity index (χ0v) is 18.3. The number of halogens is 3. The second kappa shape index (κ2) is 9.13. The SMILES string of the molecule is COC(=O)COC(=O)c1nn(-c2ccc(OC(F)(F)F)cc2)c2cccc(S(C)(=O)=O)c2c1=O. The standard InChI is InChI=1S/C20H15F3N2O8S/c1-31-15(26)10-32-19(28)17-18(27)16-13(4-3-5-14(16)34(2,29)30)25(24-17)11-6-8-12(9-7-11)33-20(21,22)23/h3-9H,10H2,1-2H3. The highest BCUT2D eigenvalue weighted by Crippen LogP contribution is 2.26. The normalized spacial score (nSPS) is 11.8. The molecule has 0 spiro atoms. The van der Waals surface area contributed by atoms with Crippen LogP contribution in [0.1, 0.15) is 10.5 Å². The first-order valence-electron chi connectivity index (χ1n) is 9.18. The van der Waals surface area contributed by atoms with Gasteiger partial charge in [-0.15, -0.1) is 13.2 Å². The van der Waals surface area contributed by atoms with E-state index in [2.05, 4.69) is 14.6 Å². The number of sulfone groups is 1. The fraction of sp³-hybridized carbons (Fsp3) is 0.200. The van der Waals surface area contributed by atoms with Crippen molar-refractivity contribution < 1.29 is 45.4 Å². The van der Waals surface area contributed by atoms with Crippen molar-refractivity contribution >= 4 is 32.7 Å². The van der Waals surface area contributed by atoms with Crippen LogP contribution in [0.4, 0.5) is 13.2 Å². The molecule has 0 fully saturated rings. The first kappa shape index (κ1) is 24.7. The van der Waals surface area contributed by atoms with Crippen molar-refractivity contribution in [1.82, 2.24) is 9.78 Å². The minimum atomic E-state index is -4.93. The van der Waals surface area contributed by atoms with Crippen LogP contribution in [-0.4, -0.2) is 56.5 Å². The monoisotopic (exact) mass is 500 g/mol. The van der Waals surface area contributed by atoms with E-state index in [0.717, 1.165) is 48.4 Å². The van der Waals surface area contributed by atoms with Crippen LogP contribution in [0.5, 0.6) is 5.75 Å². The molecule has 14 heteroatoms. The van der Waals surface area contributed by atoms with E-state index in [1.807, 2.05) is 0 Å². The van der Waals surface area contributed by atoms with Gasteiger partial charge in [-0.1, -0.05) is 6.07 Å². The highest BCUT2D eigenvalue weighted by Gasteiger charge is 2.31. The Hall–Kier alpha value is -3.94. The average molecular weight is 500 g/mol. The van der Waals surface area contributed by atoms with Crippen molar-refractivity contribution in [3.05, 3.63) is 58.4 Å². The lowest BCUT2D eigenvalue weighted by atomic mass is 10.2. The fourth-order valence-corrected chi connectivity index (χ4v) is 3.82. The number of carbonyl (C=O) groups excluding carboxylic acids is 2. The quantitative estimate of drug-likeness (QED) is 0.467. The largest absolute Gasteiger partial charge is 0.573 e. The molecule has 1 aromatic heterocycles. The number of alkyl halides is 3. The summed E-state index contributed by atoms with van der Waals surface area (Å²) in [5.41, 5.74) is -1.93. The van der Waals surface area contributed by atoms with Crippen LogP contribution < -0.4 is 10.2 Å². The molecule has 0 aliphatic rings. The average Bonchev–Trinajstić information content (AvgIpc) is 2.76. The van der Waals surface area contributed by atoms with Crippen molar-refractivity contribution in [3.63, 3.8) is 0 Å². The summed E-state index contributed by atoms with van der Waals surface area (Å²) in [7, 11) is -2.92. The zero-order valence-electron chi connectivity index (χ0n) is 17.5. The molecule has 10 nitrogen and oxygen atoms in total. The van der Waals surface area contributed by atoms with Gasteiger partial charge in [0.2, 0.25) is 11.1 Å². The Kier molecular flexibility index (Phi) is 6.63. The summed E-state index contributed by atoms with van der Waals surface area (Å²) in [6.45, 7) is -0.842. The number of hydrogen-bond acceptors (Lipinski definition) is 9. The topological polar surface area (TPSA) is 131 Å². The van der Waals surface area contributed by atoms with Gasteiger partial charge in [0, 0.05) is 6.26 Å². The molecule has 3 rings (SSSR count). The molecule has 0 N–H and O–H groups in total. The number of ether oxygens (including phenoxy) is 3. The van der Waals surface area contributed by atoms with Crippen molar-refractivity contribution in [2.24, 2.45) is 0 Å². The summed E-state index contributed by atoms with van der Waals surface area (Å²) in [5.74, 6) is -2.81. The fourth-order valence-electron chi connectivity index (χ4n) is 2.92. The number of esters is 2. The van der Waals surface area contributed by atoms with Crippen LogP contribution in [-0.2, 0) is 24.1 Å². The Morgan fingerprint density at radius 1 is 1.09 bits per heavy atom. The molecule has 34 heavy (non-hydrogen) atoms. The Morgan fingerprint density at radius 2 is 1.74 bits per heavy atom. The van der Waals surface area contributed by atoms with Gasteiger partial charge in [-0.25, -0.2) is 22.7 Å². The third kappa shape index (κ3) is 5.33. The molecule has 0 atom stereocenters. The first-order valence-corrected chi connectivity index (χ1v) is 11.1. The summed E-state index contributed by atoms with van der Waals surface area (Å²) in [5, 5.41) is 3.52. The van der Waals surface area contributed by atoms with E-state index in [1.54, 1.807) is 0 Å².